The monoisotopic (exact) mass is 310 g/mol. The van der Waals surface area contributed by atoms with E-state index < -0.39 is 13.7 Å². The van der Waals surface area contributed by atoms with Crippen LogP contribution in [0.15, 0.2) is 24.4 Å². The first kappa shape index (κ1) is 13.8. The van der Waals surface area contributed by atoms with Crippen LogP contribution in [0.3, 0.4) is 0 Å². The van der Waals surface area contributed by atoms with Crippen molar-refractivity contribution in [2.24, 2.45) is 0 Å². The Morgan fingerprint density at radius 1 is 1.38 bits per heavy atom. The molecule has 3 aromatic heterocycles. The van der Waals surface area contributed by atoms with Crippen LogP contribution in [0.2, 0.25) is 0 Å². The smallest absolute Gasteiger partial charge is 0.374 e. The van der Waals surface area contributed by atoms with Gasteiger partial charge in [-0.05, 0) is 12.1 Å². The Kier molecular flexibility index (Phi) is 3.30. The van der Waals surface area contributed by atoms with Crippen LogP contribution in [0.1, 0.15) is 17.6 Å². The Labute approximate surface area is 117 Å². The minimum absolute atomic E-state index is 0.0558. The van der Waals surface area contributed by atoms with Crippen LogP contribution in [0.5, 0.6) is 0 Å². The van der Waals surface area contributed by atoms with E-state index in [9.17, 15) is 19.5 Å². The van der Waals surface area contributed by atoms with Crippen molar-refractivity contribution in [1.82, 2.24) is 30.0 Å². The van der Waals surface area contributed by atoms with Gasteiger partial charge in [0.1, 0.15) is 11.8 Å². The summed E-state index contributed by atoms with van der Waals surface area (Å²) < 4.78 is 12.8. The molecule has 0 saturated carbocycles. The second-order valence-electron chi connectivity index (χ2n) is 4.36. The topological polar surface area (TPSA) is 150 Å². The van der Waals surface area contributed by atoms with Crippen molar-refractivity contribution in [3.05, 3.63) is 35.9 Å². The fourth-order valence-electron chi connectivity index (χ4n) is 2.05. The van der Waals surface area contributed by atoms with E-state index in [1.54, 1.807) is 18.2 Å². The molecular formula is C10H11N6O4P. The van der Waals surface area contributed by atoms with Gasteiger partial charge in [0.2, 0.25) is 5.82 Å². The molecular weight excluding hydrogens is 299 g/mol. The fraction of sp³-hybridized carbons (Fsp3) is 0.200. The number of fused-ring (bicyclic) bond motifs is 1. The molecule has 0 amide bonds. The molecule has 0 aliphatic carbocycles. The first-order valence-corrected chi connectivity index (χ1v) is 7.51. The highest BCUT2D eigenvalue weighted by molar-refractivity contribution is 7.60. The molecule has 10 nitrogen and oxygen atoms in total. The summed E-state index contributed by atoms with van der Waals surface area (Å²) in [5.74, 6) is 0.102. The Bertz CT molecular complexity index is 810. The second-order valence-corrected chi connectivity index (χ2v) is 5.91. The lowest BCUT2D eigenvalue weighted by Gasteiger charge is -2.11. The number of hydrogen-bond acceptors (Lipinski definition) is 6. The van der Waals surface area contributed by atoms with E-state index in [1.807, 2.05) is 0 Å². The molecule has 0 saturated heterocycles. The molecule has 0 aliphatic rings. The molecule has 1 atom stereocenters. The average molecular weight is 310 g/mol. The van der Waals surface area contributed by atoms with Crippen LogP contribution in [0, 0.1) is 0 Å². The SMILES string of the molecule is O=P(O)(O)c1cnc2cccc(CC(O)c3nn[nH]n3)n12. The number of hydrogen-bond donors (Lipinski definition) is 4. The van der Waals surface area contributed by atoms with Gasteiger partial charge < -0.3 is 14.9 Å². The lowest BCUT2D eigenvalue weighted by Crippen LogP contribution is -2.16. The Morgan fingerprint density at radius 3 is 2.86 bits per heavy atom. The average Bonchev–Trinajstić information content (AvgIpc) is 3.07. The number of aromatic amines is 1. The van der Waals surface area contributed by atoms with Crippen LogP contribution in [-0.4, -0.2) is 44.9 Å². The molecule has 1 unspecified atom stereocenters. The molecule has 4 N–H and O–H groups in total. The van der Waals surface area contributed by atoms with Gasteiger partial charge in [-0.2, -0.15) is 5.21 Å². The van der Waals surface area contributed by atoms with Crippen LogP contribution >= 0.6 is 7.60 Å². The van der Waals surface area contributed by atoms with Gasteiger partial charge in [-0.25, -0.2) is 4.98 Å². The highest BCUT2D eigenvalue weighted by Crippen LogP contribution is 2.33. The summed E-state index contributed by atoms with van der Waals surface area (Å²) >= 11 is 0. The molecule has 3 aromatic rings. The molecule has 21 heavy (non-hydrogen) atoms. The van der Waals surface area contributed by atoms with E-state index in [1.165, 1.54) is 4.40 Å². The normalized spacial score (nSPS) is 13.7. The van der Waals surface area contributed by atoms with E-state index in [4.69, 9.17) is 0 Å². The lowest BCUT2D eigenvalue weighted by molar-refractivity contribution is 0.167. The van der Waals surface area contributed by atoms with E-state index in [-0.39, 0.29) is 17.7 Å². The minimum atomic E-state index is -4.48. The molecule has 0 fully saturated rings. The third kappa shape index (κ3) is 2.57. The summed E-state index contributed by atoms with van der Waals surface area (Å²) in [6.07, 6.45) is 0.127. The Morgan fingerprint density at radius 2 is 2.19 bits per heavy atom. The molecule has 3 heterocycles. The zero-order valence-corrected chi connectivity index (χ0v) is 11.4. The van der Waals surface area contributed by atoms with Gasteiger partial charge in [-0.15, -0.1) is 10.2 Å². The summed E-state index contributed by atoms with van der Waals surface area (Å²) in [6, 6.07) is 4.94. The maximum Gasteiger partial charge on any atom is 0.374 e. The number of nitrogens with zero attached hydrogens (tertiary/aromatic N) is 5. The van der Waals surface area contributed by atoms with E-state index >= 15 is 0 Å². The third-order valence-corrected chi connectivity index (χ3v) is 3.86. The minimum Gasteiger partial charge on any atom is -0.385 e. The number of rotatable bonds is 4. The number of aliphatic hydroxyl groups excluding tert-OH is 1. The van der Waals surface area contributed by atoms with Gasteiger partial charge in [-0.1, -0.05) is 11.3 Å². The van der Waals surface area contributed by atoms with Crippen molar-refractivity contribution < 1.29 is 19.5 Å². The molecule has 0 radical (unpaired) electrons. The summed E-state index contributed by atoms with van der Waals surface area (Å²) in [6.45, 7) is 0. The molecule has 3 rings (SSSR count). The van der Waals surface area contributed by atoms with Crippen molar-refractivity contribution in [2.75, 3.05) is 0 Å². The van der Waals surface area contributed by atoms with Gasteiger partial charge in [-0.3, -0.25) is 8.97 Å². The summed E-state index contributed by atoms with van der Waals surface area (Å²) in [5.41, 5.74) is 0.625. The first-order chi connectivity index (χ1) is 9.97. The van der Waals surface area contributed by atoms with Crippen LogP contribution in [0.25, 0.3) is 5.65 Å². The molecule has 0 bridgehead atoms. The number of nitrogens with one attached hydrogen (secondary N) is 1. The van der Waals surface area contributed by atoms with E-state index in [2.05, 4.69) is 25.6 Å². The standard InChI is InChI=1S/C10H11N6O4P/c17-7(10-12-14-15-13-10)4-6-2-1-3-8-11-5-9(16(6)8)21(18,19)20/h1-3,5,7,17H,4H2,(H2,18,19,20)(H,12,13,14,15). The quantitative estimate of drug-likeness (QED) is 0.445. The maximum atomic E-state index is 11.5. The van der Waals surface area contributed by atoms with E-state index in [0.29, 0.717) is 11.3 Å². The zero-order chi connectivity index (χ0) is 15.0. The lowest BCUT2D eigenvalue weighted by atomic mass is 10.1. The van der Waals surface area contributed by atoms with Crippen molar-refractivity contribution in [3.8, 4) is 0 Å². The van der Waals surface area contributed by atoms with Crippen molar-refractivity contribution in [3.63, 3.8) is 0 Å². The van der Waals surface area contributed by atoms with Gasteiger partial charge >= 0.3 is 7.60 Å². The van der Waals surface area contributed by atoms with Crippen molar-refractivity contribution >= 4 is 18.7 Å². The first-order valence-electron chi connectivity index (χ1n) is 5.89. The summed E-state index contributed by atoms with van der Waals surface area (Å²) in [4.78, 5) is 22.7. The van der Waals surface area contributed by atoms with Gasteiger partial charge in [0, 0.05) is 12.1 Å². The zero-order valence-electron chi connectivity index (χ0n) is 10.5. The predicted octanol–water partition coefficient (Wildman–Crippen LogP) is -1.07. The summed E-state index contributed by atoms with van der Waals surface area (Å²) in [5, 5.41) is 23.0. The molecule has 0 aliphatic heterocycles. The van der Waals surface area contributed by atoms with Gasteiger partial charge in [0.15, 0.2) is 5.44 Å². The number of H-pyrrole nitrogens is 1. The second kappa shape index (κ2) is 5.01. The largest absolute Gasteiger partial charge is 0.385 e. The third-order valence-electron chi connectivity index (χ3n) is 2.95. The molecule has 0 spiro atoms. The highest BCUT2D eigenvalue weighted by Gasteiger charge is 2.25. The molecule has 0 aromatic carbocycles. The van der Waals surface area contributed by atoms with Crippen LogP contribution in [-0.2, 0) is 11.0 Å². The summed E-state index contributed by atoms with van der Waals surface area (Å²) in [7, 11) is -4.48. The molecule has 110 valence electrons. The van der Waals surface area contributed by atoms with Gasteiger partial charge in [0.05, 0.1) is 6.20 Å². The predicted molar refractivity (Wildman–Crippen MR) is 69.7 cm³/mol. The van der Waals surface area contributed by atoms with Crippen molar-refractivity contribution in [2.45, 2.75) is 12.5 Å². The Hall–Kier alpha value is -2.13. The van der Waals surface area contributed by atoms with Gasteiger partial charge in [0.25, 0.3) is 0 Å². The Balaban J connectivity index is 2.06. The number of aliphatic hydroxyl groups is 1. The van der Waals surface area contributed by atoms with E-state index in [0.717, 1.165) is 6.20 Å². The van der Waals surface area contributed by atoms with Crippen molar-refractivity contribution in [1.29, 1.82) is 0 Å². The highest BCUT2D eigenvalue weighted by atomic mass is 31.2. The number of tetrazole rings is 1. The van der Waals surface area contributed by atoms with Crippen LogP contribution < -0.4 is 5.44 Å². The number of aromatic nitrogens is 6. The maximum absolute atomic E-state index is 11.5. The number of pyridine rings is 1. The number of imidazole rings is 1. The van der Waals surface area contributed by atoms with Crippen LogP contribution in [0.4, 0.5) is 0 Å². The fourth-order valence-corrected chi connectivity index (χ4v) is 2.75. The molecule has 11 heteroatoms.